The van der Waals surface area contributed by atoms with E-state index < -0.39 is 0 Å². The Morgan fingerprint density at radius 1 is 1.40 bits per heavy atom. The van der Waals surface area contributed by atoms with E-state index in [1.54, 1.807) is 0 Å². The molecule has 1 aliphatic heterocycles. The van der Waals surface area contributed by atoms with Crippen molar-refractivity contribution in [3.8, 4) is 0 Å². The largest absolute Gasteiger partial charge is 0.392 e. The summed E-state index contributed by atoms with van der Waals surface area (Å²) in [7, 11) is 0. The van der Waals surface area contributed by atoms with E-state index in [9.17, 15) is 5.11 Å². The van der Waals surface area contributed by atoms with Crippen LogP contribution in [0.5, 0.6) is 0 Å². The highest BCUT2D eigenvalue weighted by atomic mass is 16.5. The third-order valence-corrected chi connectivity index (χ3v) is 2.72. The van der Waals surface area contributed by atoms with Crippen LogP contribution in [0.1, 0.15) is 47.0 Å². The first-order valence-corrected chi connectivity index (χ1v) is 5.95. The van der Waals surface area contributed by atoms with Crippen LogP contribution in [0.2, 0.25) is 0 Å². The van der Waals surface area contributed by atoms with Gasteiger partial charge in [-0.25, -0.2) is 0 Å². The Morgan fingerprint density at radius 3 is 2.53 bits per heavy atom. The number of β-amino-alcohol motifs (C(OH)–C–C–N with tert-alkyl or cyclic N) is 1. The van der Waals surface area contributed by atoms with Gasteiger partial charge in [0.05, 0.1) is 18.3 Å². The summed E-state index contributed by atoms with van der Waals surface area (Å²) in [6.45, 7) is 9.06. The van der Waals surface area contributed by atoms with Gasteiger partial charge in [0.15, 0.2) is 0 Å². The highest BCUT2D eigenvalue weighted by Gasteiger charge is 2.24. The monoisotopic (exact) mass is 215 g/mol. The second kappa shape index (κ2) is 5.28. The SMILES string of the molecule is CC1CCC(CC(O)CNC(C)(C)C)O1. The maximum atomic E-state index is 9.82. The number of hydrogen-bond acceptors (Lipinski definition) is 3. The van der Waals surface area contributed by atoms with Crippen LogP contribution in [0.3, 0.4) is 0 Å². The molecular formula is C12H25NO2. The summed E-state index contributed by atoms with van der Waals surface area (Å²) in [5, 5.41) is 13.1. The summed E-state index contributed by atoms with van der Waals surface area (Å²) in [5.41, 5.74) is 0.0742. The third-order valence-electron chi connectivity index (χ3n) is 2.72. The van der Waals surface area contributed by atoms with Gasteiger partial charge in [0.1, 0.15) is 0 Å². The molecule has 3 heteroatoms. The van der Waals surface area contributed by atoms with Gasteiger partial charge in [-0.05, 0) is 40.5 Å². The molecule has 90 valence electrons. The molecule has 0 aromatic rings. The van der Waals surface area contributed by atoms with Gasteiger partial charge in [0.2, 0.25) is 0 Å². The van der Waals surface area contributed by atoms with Gasteiger partial charge in [-0.3, -0.25) is 0 Å². The maximum absolute atomic E-state index is 9.82. The fourth-order valence-electron chi connectivity index (χ4n) is 1.87. The van der Waals surface area contributed by atoms with E-state index in [1.807, 2.05) is 0 Å². The number of aliphatic hydroxyl groups excluding tert-OH is 1. The van der Waals surface area contributed by atoms with Crippen LogP contribution in [0.15, 0.2) is 0 Å². The second-order valence-electron chi connectivity index (χ2n) is 5.67. The minimum Gasteiger partial charge on any atom is -0.392 e. The number of nitrogens with one attached hydrogen (secondary N) is 1. The van der Waals surface area contributed by atoms with Crippen molar-refractivity contribution >= 4 is 0 Å². The van der Waals surface area contributed by atoms with Crippen LogP contribution in [-0.4, -0.2) is 35.5 Å². The van der Waals surface area contributed by atoms with Gasteiger partial charge >= 0.3 is 0 Å². The van der Waals surface area contributed by atoms with Crippen molar-refractivity contribution in [1.82, 2.24) is 5.32 Å². The normalized spacial score (nSPS) is 29.4. The lowest BCUT2D eigenvalue weighted by atomic mass is 10.1. The fourth-order valence-corrected chi connectivity index (χ4v) is 1.87. The van der Waals surface area contributed by atoms with Crippen molar-refractivity contribution in [2.75, 3.05) is 6.54 Å². The van der Waals surface area contributed by atoms with Crippen LogP contribution in [0, 0.1) is 0 Å². The van der Waals surface area contributed by atoms with Crippen LogP contribution in [0.25, 0.3) is 0 Å². The Bertz CT molecular complexity index is 189. The molecule has 0 aliphatic carbocycles. The maximum Gasteiger partial charge on any atom is 0.0689 e. The third kappa shape index (κ3) is 5.50. The van der Waals surface area contributed by atoms with Crippen molar-refractivity contribution in [3.63, 3.8) is 0 Å². The standard InChI is InChI=1S/C12H25NO2/c1-9-5-6-11(15-9)7-10(14)8-13-12(2,3)4/h9-11,13-14H,5-8H2,1-4H3. The minimum absolute atomic E-state index is 0.0742. The van der Waals surface area contributed by atoms with E-state index in [-0.39, 0.29) is 17.7 Å². The van der Waals surface area contributed by atoms with Crippen LogP contribution < -0.4 is 5.32 Å². The number of aliphatic hydroxyl groups is 1. The van der Waals surface area contributed by atoms with E-state index in [1.165, 1.54) is 0 Å². The number of hydrogen-bond donors (Lipinski definition) is 2. The molecule has 0 radical (unpaired) electrons. The molecule has 15 heavy (non-hydrogen) atoms. The van der Waals surface area contributed by atoms with Crippen LogP contribution in [0.4, 0.5) is 0 Å². The average Bonchev–Trinajstić information content (AvgIpc) is 2.47. The quantitative estimate of drug-likeness (QED) is 0.750. The van der Waals surface area contributed by atoms with E-state index in [4.69, 9.17) is 4.74 Å². The molecule has 0 saturated carbocycles. The highest BCUT2D eigenvalue weighted by Crippen LogP contribution is 2.22. The predicted molar refractivity (Wildman–Crippen MR) is 61.9 cm³/mol. The molecule has 3 unspecified atom stereocenters. The van der Waals surface area contributed by atoms with Gasteiger partial charge < -0.3 is 15.2 Å². The van der Waals surface area contributed by atoms with Crippen molar-refractivity contribution in [2.24, 2.45) is 0 Å². The van der Waals surface area contributed by atoms with Crippen molar-refractivity contribution in [1.29, 1.82) is 0 Å². The first-order valence-electron chi connectivity index (χ1n) is 5.95. The van der Waals surface area contributed by atoms with Gasteiger partial charge in [-0.2, -0.15) is 0 Å². The predicted octanol–water partition coefficient (Wildman–Crippen LogP) is 1.69. The molecular weight excluding hydrogens is 190 g/mol. The molecule has 0 spiro atoms. The minimum atomic E-state index is -0.292. The molecule has 1 fully saturated rings. The second-order valence-corrected chi connectivity index (χ2v) is 5.67. The Hall–Kier alpha value is -0.120. The van der Waals surface area contributed by atoms with E-state index in [0.717, 1.165) is 19.3 Å². The first-order chi connectivity index (χ1) is 6.87. The summed E-state index contributed by atoms with van der Waals surface area (Å²) < 4.78 is 5.68. The molecule has 1 aliphatic rings. The zero-order valence-corrected chi connectivity index (χ0v) is 10.4. The molecule has 3 nitrogen and oxygen atoms in total. The summed E-state index contributed by atoms with van der Waals surface area (Å²) in [4.78, 5) is 0. The van der Waals surface area contributed by atoms with Crippen LogP contribution in [-0.2, 0) is 4.74 Å². The molecule has 1 rings (SSSR count). The Balaban J connectivity index is 2.16. The molecule has 2 N–H and O–H groups in total. The highest BCUT2D eigenvalue weighted by molar-refractivity contribution is 4.77. The van der Waals surface area contributed by atoms with Crippen molar-refractivity contribution < 1.29 is 9.84 Å². The fraction of sp³-hybridized carbons (Fsp3) is 1.00. The zero-order chi connectivity index (χ0) is 11.5. The molecule has 0 aromatic heterocycles. The summed E-state index contributed by atoms with van der Waals surface area (Å²) >= 11 is 0. The van der Waals surface area contributed by atoms with Crippen LogP contribution >= 0.6 is 0 Å². The van der Waals surface area contributed by atoms with E-state index >= 15 is 0 Å². The molecule has 1 heterocycles. The summed E-state index contributed by atoms with van der Waals surface area (Å²) in [6.07, 6.45) is 3.32. The zero-order valence-electron chi connectivity index (χ0n) is 10.4. The van der Waals surface area contributed by atoms with Gasteiger partial charge in [-0.1, -0.05) is 0 Å². The Kier molecular flexibility index (Phi) is 4.56. The summed E-state index contributed by atoms with van der Waals surface area (Å²) in [5.74, 6) is 0. The van der Waals surface area contributed by atoms with E-state index in [2.05, 4.69) is 33.0 Å². The molecule has 0 aromatic carbocycles. The lowest BCUT2D eigenvalue weighted by Crippen LogP contribution is -2.41. The number of ether oxygens (including phenoxy) is 1. The Morgan fingerprint density at radius 2 is 2.07 bits per heavy atom. The Labute approximate surface area is 93.2 Å². The molecule has 1 saturated heterocycles. The van der Waals surface area contributed by atoms with Gasteiger partial charge in [0, 0.05) is 18.5 Å². The summed E-state index contributed by atoms with van der Waals surface area (Å²) in [6, 6.07) is 0. The molecule has 0 amide bonds. The molecule has 0 bridgehead atoms. The van der Waals surface area contributed by atoms with Gasteiger partial charge in [0.25, 0.3) is 0 Å². The van der Waals surface area contributed by atoms with Crippen molar-refractivity contribution in [2.45, 2.75) is 70.8 Å². The average molecular weight is 215 g/mol. The number of rotatable bonds is 4. The lowest BCUT2D eigenvalue weighted by Gasteiger charge is -2.24. The van der Waals surface area contributed by atoms with Crippen molar-refractivity contribution in [3.05, 3.63) is 0 Å². The lowest BCUT2D eigenvalue weighted by molar-refractivity contribution is 0.0187. The topological polar surface area (TPSA) is 41.5 Å². The van der Waals surface area contributed by atoms with E-state index in [0.29, 0.717) is 12.6 Å². The smallest absolute Gasteiger partial charge is 0.0689 e. The van der Waals surface area contributed by atoms with Gasteiger partial charge in [-0.15, -0.1) is 0 Å². The molecule has 3 atom stereocenters. The first kappa shape index (κ1) is 12.9.